The van der Waals surface area contributed by atoms with Crippen molar-refractivity contribution in [2.24, 2.45) is 0 Å². The Kier molecular flexibility index (Phi) is 5.53. The highest BCUT2D eigenvalue weighted by atomic mass is 32.1. The van der Waals surface area contributed by atoms with E-state index in [0.717, 1.165) is 24.2 Å². The van der Waals surface area contributed by atoms with Crippen molar-refractivity contribution in [3.8, 4) is 0 Å². The Morgan fingerprint density at radius 3 is 2.60 bits per heavy atom. The Hall–Kier alpha value is -2.15. The van der Waals surface area contributed by atoms with Gasteiger partial charge in [0.15, 0.2) is 0 Å². The van der Waals surface area contributed by atoms with E-state index in [9.17, 15) is 9.59 Å². The molecule has 3 rings (SSSR count). The van der Waals surface area contributed by atoms with Crippen LogP contribution in [0.15, 0.2) is 12.1 Å². The van der Waals surface area contributed by atoms with Gasteiger partial charge in [-0.15, -0.1) is 11.3 Å². The number of carbonyl (C=O) groups excluding carboxylic acids is 2. The molecule has 0 fully saturated rings. The molecule has 7 heteroatoms. The molecule has 134 valence electrons. The van der Waals surface area contributed by atoms with E-state index in [1.54, 1.807) is 16.0 Å². The van der Waals surface area contributed by atoms with E-state index >= 15 is 0 Å². The number of carbonyl (C=O) groups is 2. The maximum Gasteiger partial charge on any atom is 0.279 e. The van der Waals surface area contributed by atoms with Crippen LogP contribution in [0.25, 0.3) is 0 Å². The molecule has 0 aromatic carbocycles. The fourth-order valence-electron chi connectivity index (χ4n) is 3.15. The molecule has 0 unspecified atom stereocenters. The number of hydrogen-bond acceptors (Lipinski definition) is 4. The molecule has 0 radical (unpaired) electrons. The molecule has 2 heterocycles. The number of hydrazine groups is 1. The SMILES string of the molecule is Cc1cc(C)n(CC(=O)NNC(=O)c2cc3c(s2)CCCCCC3)n1. The number of rotatable bonds is 3. The average Bonchev–Trinajstić information content (AvgIpc) is 3.08. The van der Waals surface area contributed by atoms with Crippen LogP contribution in [-0.4, -0.2) is 21.6 Å². The first-order valence-corrected chi connectivity index (χ1v) is 9.56. The molecule has 0 aliphatic heterocycles. The highest BCUT2D eigenvalue weighted by molar-refractivity contribution is 7.14. The lowest BCUT2D eigenvalue weighted by atomic mass is 10.00. The highest BCUT2D eigenvalue weighted by Gasteiger charge is 2.16. The highest BCUT2D eigenvalue weighted by Crippen LogP contribution is 2.28. The summed E-state index contributed by atoms with van der Waals surface area (Å²) in [6, 6.07) is 3.89. The summed E-state index contributed by atoms with van der Waals surface area (Å²) in [4.78, 5) is 26.3. The zero-order valence-electron chi connectivity index (χ0n) is 14.7. The second-order valence-electron chi connectivity index (χ2n) is 6.56. The molecular formula is C18H24N4O2S. The van der Waals surface area contributed by atoms with Crippen LogP contribution < -0.4 is 10.9 Å². The monoisotopic (exact) mass is 360 g/mol. The Balaban J connectivity index is 1.56. The second kappa shape index (κ2) is 7.82. The normalized spacial score (nSPS) is 14.3. The summed E-state index contributed by atoms with van der Waals surface area (Å²) in [7, 11) is 0. The molecule has 6 nitrogen and oxygen atoms in total. The van der Waals surface area contributed by atoms with Crippen molar-refractivity contribution < 1.29 is 9.59 Å². The third-order valence-corrected chi connectivity index (χ3v) is 5.67. The van der Waals surface area contributed by atoms with Gasteiger partial charge in [0.05, 0.1) is 10.6 Å². The van der Waals surface area contributed by atoms with Gasteiger partial charge in [0, 0.05) is 10.6 Å². The largest absolute Gasteiger partial charge is 0.279 e. The van der Waals surface area contributed by atoms with Gasteiger partial charge in [-0.3, -0.25) is 25.1 Å². The molecule has 2 N–H and O–H groups in total. The molecular weight excluding hydrogens is 336 g/mol. The van der Waals surface area contributed by atoms with Crippen molar-refractivity contribution in [2.45, 2.75) is 58.9 Å². The summed E-state index contributed by atoms with van der Waals surface area (Å²) in [6.07, 6.45) is 7.00. The van der Waals surface area contributed by atoms with Crippen molar-refractivity contribution in [3.63, 3.8) is 0 Å². The van der Waals surface area contributed by atoms with Crippen molar-refractivity contribution in [1.82, 2.24) is 20.6 Å². The number of hydrogen-bond donors (Lipinski definition) is 2. The summed E-state index contributed by atoms with van der Waals surface area (Å²) in [5.41, 5.74) is 8.07. The lowest BCUT2D eigenvalue weighted by Gasteiger charge is -2.07. The molecule has 0 saturated heterocycles. The minimum absolute atomic E-state index is 0.0842. The van der Waals surface area contributed by atoms with E-state index < -0.39 is 0 Å². The number of amides is 2. The fourth-order valence-corrected chi connectivity index (χ4v) is 4.30. The number of thiophene rings is 1. The van der Waals surface area contributed by atoms with Crippen molar-refractivity contribution >= 4 is 23.2 Å². The predicted molar refractivity (Wildman–Crippen MR) is 97.5 cm³/mol. The molecule has 25 heavy (non-hydrogen) atoms. The summed E-state index contributed by atoms with van der Waals surface area (Å²) in [6.45, 7) is 3.86. The second-order valence-corrected chi connectivity index (χ2v) is 7.70. The van der Waals surface area contributed by atoms with Gasteiger partial charge in [0.2, 0.25) is 0 Å². The standard InChI is InChI=1S/C18H24N4O2S/c1-12-9-13(2)22(21-12)11-17(23)19-20-18(24)16-10-14-7-5-3-4-6-8-15(14)25-16/h9-10H,3-8,11H2,1-2H3,(H,19,23)(H,20,24). The number of nitrogens with one attached hydrogen (secondary N) is 2. The maximum atomic E-state index is 12.3. The van der Waals surface area contributed by atoms with E-state index in [-0.39, 0.29) is 18.4 Å². The van der Waals surface area contributed by atoms with Gasteiger partial charge in [0.1, 0.15) is 6.54 Å². The molecule has 2 amide bonds. The van der Waals surface area contributed by atoms with E-state index in [2.05, 4.69) is 16.0 Å². The van der Waals surface area contributed by atoms with E-state index in [1.165, 1.54) is 36.1 Å². The third-order valence-electron chi connectivity index (χ3n) is 4.43. The van der Waals surface area contributed by atoms with Gasteiger partial charge < -0.3 is 0 Å². The molecule has 1 aliphatic rings. The Bertz CT molecular complexity index is 753. The van der Waals surface area contributed by atoms with E-state index in [0.29, 0.717) is 4.88 Å². The summed E-state index contributed by atoms with van der Waals surface area (Å²) < 4.78 is 1.62. The van der Waals surface area contributed by atoms with Crippen molar-refractivity contribution in [3.05, 3.63) is 38.8 Å². The average molecular weight is 360 g/mol. The predicted octanol–water partition coefficient (Wildman–Crippen LogP) is 2.68. The van der Waals surface area contributed by atoms with Crippen LogP contribution in [0.5, 0.6) is 0 Å². The Morgan fingerprint density at radius 2 is 1.88 bits per heavy atom. The van der Waals surface area contributed by atoms with Crippen LogP contribution in [-0.2, 0) is 24.2 Å². The minimum atomic E-state index is -0.297. The Labute approximate surface area is 151 Å². The molecule has 0 spiro atoms. The molecule has 2 aromatic heterocycles. The summed E-state index contributed by atoms with van der Waals surface area (Å²) in [5, 5.41) is 4.24. The lowest BCUT2D eigenvalue weighted by molar-refractivity contribution is -0.122. The molecule has 0 atom stereocenters. The number of fused-ring (bicyclic) bond motifs is 1. The van der Waals surface area contributed by atoms with Crippen LogP contribution in [0.4, 0.5) is 0 Å². The van der Waals surface area contributed by atoms with Gasteiger partial charge in [-0.2, -0.15) is 5.10 Å². The van der Waals surface area contributed by atoms with Crippen LogP contribution >= 0.6 is 11.3 Å². The zero-order chi connectivity index (χ0) is 17.8. The summed E-state index contributed by atoms with van der Waals surface area (Å²) >= 11 is 1.55. The topological polar surface area (TPSA) is 76.0 Å². The fraction of sp³-hybridized carbons (Fsp3) is 0.500. The van der Waals surface area contributed by atoms with Crippen LogP contribution in [0.1, 0.15) is 57.2 Å². The quantitative estimate of drug-likeness (QED) is 0.826. The van der Waals surface area contributed by atoms with Crippen LogP contribution in [0.2, 0.25) is 0 Å². The van der Waals surface area contributed by atoms with Crippen LogP contribution in [0.3, 0.4) is 0 Å². The zero-order valence-corrected chi connectivity index (χ0v) is 15.5. The Morgan fingerprint density at radius 1 is 1.12 bits per heavy atom. The minimum Gasteiger partial charge on any atom is -0.271 e. The van der Waals surface area contributed by atoms with Gasteiger partial charge in [-0.05, 0) is 57.2 Å². The molecule has 2 aromatic rings. The van der Waals surface area contributed by atoms with Crippen LogP contribution in [0, 0.1) is 13.8 Å². The molecule has 0 saturated carbocycles. The van der Waals surface area contributed by atoms with Gasteiger partial charge in [-0.1, -0.05) is 12.8 Å². The summed E-state index contributed by atoms with van der Waals surface area (Å²) in [5.74, 6) is -0.548. The smallest absolute Gasteiger partial charge is 0.271 e. The maximum absolute atomic E-state index is 12.3. The number of nitrogens with zero attached hydrogens (tertiary/aromatic N) is 2. The van der Waals surface area contributed by atoms with Crippen molar-refractivity contribution in [1.29, 1.82) is 0 Å². The number of aromatic nitrogens is 2. The third kappa shape index (κ3) is 4.48. The van der Waals surface area contributed by atoms with Crippen molar-refractivity contribution in [2.75, 3.05) is 0 Å². The first-order chi connectivity index (χ1) is 12.0. The first-order valence-electron chi connectivity index (χ1n) is 8.75. The molecule has 1 aliphatic carbocycles. The van der Waals surface area contributed by atoms with E-state index in [4.69, 9.17) is 0 Å². The van der Waals surface area contributed by atoms with Gasteiger partial charge >= 0.3 is 0 Å². The molecule has 0 bridgehead atoms. The number of aryl methyl sites for hydroxylation is 4. The van der Waals surface area contributed by atoms with Gasteiger partial charge in [-0.25, -0.2) is 0 Å². The van der Waals surface area contributed by atoms with Gasteiger partial charge in [0.25, 0.3) is 11.8 Å². The van der Waals surface area contributed by atoms with E-state index in [1.807, 2.05) is 26.0 Å². The lowest BCUT2D eigenvalue weighted by Crippen LogP contribution is -2.43. The first kappa shape index (κ1) is 17.7.